The summed E-state index contributed by atoms with van der Waals surface area (Å²) in [4.78, 5) is 12.2. The number of hydrogen-bond donors (Lipinski definition) is 1. The molecule has 4 heteroatoms. The molecule has 0 saturated carbocycles. The molecule has 0 fully saturated rings. The summed E-state index contributed by atoms with van der Waals surface area (Å²) in [7, 11) is 0. The fourth-order valence-electron chi connectivity index (χ4n) is 3.25. The predicted molar refractivity (Wildman–Crippen MR) is 80.2 cm³/mol. The molecule has 0 radical (unpaired) electrons. The molecule has 1 heterocycles. The van der Waals surface area contributed by atoms with Crippen LogP contribution in [0.2, 0.25) is 5.02 Å². The second-order valence-corrected chi connectivity index (χ2v) is 5.77. The minimum atomic E-state index is -0.292. The normalized spacial score (nSPS) is 26.6. The van der Waals surface area contributed by atoms with Crippen molar-refractivity contribution < 1.29 is 9.53 Å². The highest BCUT2D eigenvalue weighted by molar-refractivity contribution is 6.31. The van der Waals surface area contributed by atoms with Gasteiger partial charge in [-0.1, -0.05) is 29.8 Å². The topological polar surface area (TPSA) is 38.3 Å². The van der Waals surface area contributed by atoms with Gasteiger partial charge in [0.1, 0.15) is 6.04 Å². The zero-order chi connectivity index (χ0) is 14.3. The van der Waals surface area contributed by atoms with E-state index in [0.717, 1.165) is 22.7 Å². The molecule has 3 nitrogen and oxygen atoms in total. The lowest BCUT2D eigenvalue weighted by molar-refractivity contribution is -0.145. The van der Waals surface area contributed by atoms with Crippen LogP contribution in [0, 0.1) is 12.8 Å². The molecule has 2 aliphatic rings. The van der Waals surface area contributed by atoms with E-state index in [1.54, 1.807) is 0 Å². The highest BCUT2D eigenvalue weighted by Crippen LogP contribution is 2.46. The SMILES string of the molecule is CCOC(=O)C1Nc2c(ccc(Cl)c2C)C2C=CCC12. The molecule has 0 bridgehead atoms. The molecule has 3 atom stereocenters. The molecule has 1 aromatic carbocycles. The Kier molecular flexibility index (Phi) is 3.47. The standard InChI is InChI=1S/C16H18ClNO2/c1-3-20-16(19)15-11-6-4-5-10(11)12-7-8-13(17)9(2)14(12)18-15/h4-5,7-8,10-11,15,18H,3,6H2,1-2H3. The van der Waals surface area contributed by atoms with Gasteiger partial charge in [0.2, 0.25) is 0 Å². The number of anilines is 1. The van der Waals surface area contributed by atoms with Gasteiger partial charge in [0.25, 0.3) is 0 Å². The Labute approximate surface area is 124 Å². The van der Waals surface area contributed by atoms with Crippen molar-refractivity contribution in [3.8, 4) is 0 Å². The van der Waals surface area contributed by atoms with Gasteiger partial charge in [-0.05, 0) is 37.5 Å². The van der Waals surface area contributed by atoms with Gasteiger partial charge in [-0.25, -0.2) is 4.79 Å². The number of esters is 1. The van der Waals surface area contributed by atoms with Crippen LogP contribution in [0.15, 0.2) is 24.3 Å². The number of carbonyl (C=O) groups is 1. The van der Waals surface area contributed by atoms with E-state index in [4.69, 9.17) is 16.3 Å². The molecule has 0 amide bonds. The average Bonchev–Trinajstić information content (AvgIpc) is 2.91. The van der Waals surface area contributed by atoms with Crippen LogP contribution >= 0.6 is 11.6 Å². The largest absolute Gasteiger partial charge is 0.464 e. The Morgan fingerprint density at radius 2 is 2.30 bits per heavy atom. The lowest BCUT2D eigenvalue weighted by atomic mass is 9.78. The summed E-state index contributed by atoms with van der Waals surface area (Å²) < 4.78 is 5.21. The van der Waals surface area contributed by atoms with Crippen LogP contribution < -0.4 is 5.32 Å². The number of allylic oxidation sites excluding steroid dienone is 2. The number of carbonyl (C=O) groups excluding carboxylic acids is 1. The van der Waals surface area contributed by atoms with Gasteiger partial charge in [-0.3, -0.25) is 0 Å². The van der Waals surface area contributed by atoms with Crippen LogP contribution in [-0.4, -0.2) is 18.6 Å². The summed E-state index contributed by atoms with van der Waals surface area (Å²) in [5, 5.41) is 4.08. The predicted octanol–water partition coefficient (Wildman–Crippen LogP) is 3.67. The van der Waals surface area contributed by atoms with E-state index < -0.39 is 0 Å². The second kappa shape index (κ2) is 5.13. The van der Waals surface area contributed by atoms with E-state index in [1.807, 2.05) is 19.9 Å². The molecular formula is C16H18ClNO2. The van der Waals surface area contributed by atoms with E-state index in [0.29, 0.717) is 6.61 Å². The first-order chi connectivity index (χ1) is 9.63. The van der Waals surface area contributed by atoms with Crippen LogP contribution in [-0.2, 0) is 9.53 Å². The van der Waals surface area contributed by atoms with Crippen LogP contribution in [0.3, 0.4) is 0 Å². The minimum absolute atomic E-state index is 0.170. The van der Waals surface area contributed by atoms with Crippen LogP contribution in [0.1, 0.15) is 30.4 Å². The van der Waals surface area contributed by atoms with Gasteiger partial charge < -0.3 is 10.1 Å². The Balaban J connectivity index is 2.03. The number of fused-ring (bicyclic) bond motifs is 3. The van der Waals surface area contributed by atoms with Gasteiger partial charge in [0.15, 0.2) is 0 Å². The smallest absolute Gasteiger partial charge is 0.328 e. The third-order valence-corrected chi connectivity index (χ3v) is 4.68. The van der Waals surface area contributed by atoms with E-state index >= 15 is 0 Å². The van der Waals surface area contributed by atoms with Crippen molar-refractivity contribution in [3.05, 3.63) is 40.4 Å². The van der Waals surface area contributed by atoms with Crippen LogP contribution in [0.25, 0.3) is 0 Å². The van der Waals surface area contributed by atoms with Crippen molar-refractivity contribution in [2.45, 2.75) is 32.2 Å². The number of rotatable bonds is 2. The molecule has 1 aliphatic carbocycles. The molecule has 1 N–H and O–H groups in total. The molecule has 106 valence electrons. The molecule has 3 rings (SSSR count). The van der Waals surface area contributed by atoms with Crippen molar-refractivity contribution in [2.24, 2.45) is 5.92 Å². The van der Waals surface area contributed by atoms with E-state index in [-0.39, 0.29) is 23.8 Å². The zero-order valence-corrected chi connectivity index (χ0v) is 12.4. The van der Waals surface area contributed by atoms with Crippen molar-refractivity contribution in [1.29, 1.82) is 0 Å². The highest BCUT2D eigenvalue weighted by atomic mass is 35.5. The fraction of sp³-hybridized carbons (Fsp3) is 0.438. The lowest BCUT2D eigenvalue weighted by Crippen LogP contribution is -2.43. The number of nitrogens with one attached hydrogen (secondary N) is 1. The summed E-state index contributed by atoms with van der Waals surface area (Å²) in [6.07, 6.45) is 5.26. The summed E-state index contributed by atoms with van der Waals surface area (Å²) in [5.41, 5.74) is 3.21. The lowest BCUT2D eigenvalue weighted by Gasteiger charge is -2.36. The molecule has 3 unspecified atom stereocenters. The first-order valence-corrected chi connectivity index (χ1v) is 7.40. The third kappa shape index (κ3) is 2.01. The minimum Gasteiger partial charge on any atom is -0.464 e. The van der Waals surface area contributed by atoms with E-state index in [1.165, 1.54) is 5.56 Å². The van der Waals surface area contributed by atoms with Crippen molar-refractivity contribution in [1.82, 2.24) is 0 Å². The number of halogens is 1. The van der Waals surface area contributed by atoms with Gasteiger partial charge in [-0.15, -0.1) is 0 Å². The fourth-order valence-corrected chi connectivity index (χ4v) is 3.41. The quantitative estimate of drug-likeness (QED) is 0.667. The van der Waals surface area contributed by atoms with Crippen molar-refractivity contribution in [3.63, 3.8) is 0 Å². The highest BCUT2D eigenvalue weighted by Gasteiger charge is 2.42. The number of hydrogen-bond acceptors (Lipinski definition) is 3. The van der Waals surface area contributed by atoms with Crippen molar-refractivity contribution >= 4 is 23.3 Å². The molecule has 1 aliphatic heterocycles. The van der Waals surface area contributed by atoms with Gasteiger partial charge in [0, 0.05) is 22.5 Å². The Hall–Kier alpha value is -1.48. The van der Waals surface area contributed by atoms with E-state index in [9.17, 15) is 4.79 Å². The summed E-state index contributed by atoms with van der Waals surface area (Å²) in [6, 6.07) is 3.71. The Morgan fingerprint density at radius 1 is 1.50 bits per heavy atom. The molecule has 0 saturated heterocycles. The van der Waals surface area contributed by atoms with Crippen molar-refractivity contribution in [2.75, 3.05) is 11.9 Å². The summed E-state index contributed by atoms with van der Waals surface area (Å²) in [6.45, 7) is 4.22. The monoisotopic (exact) mass is 291 g/mol. The molecule has 0 spiro atoms. The first kappa shape index (κ1) is 13.5. The number of ether oxygens (including phenoxy) is 1. The first-order valence-electron chi connectivity index (χ1n) is 7.02. The van der Waals surface area contributed by atoms with E-state index in [2.05, 4.69) is 23.5 Å². The molecule has 0 aromatic heterocycles. The zero-order valence-electron chi connectivity index (χ0n) is 11.7. The molecular weight excluding hydrogens is 274 g/mol. The maximum Gasteiger partial charge on any atom is 0.328 e. The summed E-state index contributed by atoms with van der Waals surface area (Å²) >= 11 is 6.20. The molecule has 1 aromatic rings. The average molecular weight is 292 g/mol. The van der Waals surface area contributed by atoms with Crippen LogP contribution in [0.4, 0.5) is 5.69 Å². The molecule has 20 heavy (non-hydrogen) atoms. The maximum atomic E-state index is 12.2. The number of benzene rings is 1. The maximum absolute atomic E-state index is 12.2. The third-order valence-electron chi connectivity index (χ3n) is 4.27. The van der Waals surface area contributed by atoms with Gasteiger partial charge in [0.05, 0.1) is 6.61 Å². The van der Waals surface area contributed by atoms with Crippen LogP contribution in [0.5, 0.6) is 0 Å². The second-order valence-electron chi connectivity index (χ2n) is 5.36. The Bertz CT molecular complexity index is 582. The summed E-state index contributed by atoms with van der Waals surface area (Å²) in [5.74, 6) is 0.343. The Morgan fingerprint density at radius 3 is 3.05 bits per heavy atom. The van der Waals surface area contributed by atoms with Gasteiger partial charge >= 0.3 is 5.97 Å². The van der Waals surface area contributed by atoms with Gasteiger partial charge in [-0.2, -0.15) is 0 Å².